The average Bonchev–Trinajstić information content (AvgIpc) is 3.01. The maximum atomic E-state index is 12.2. The lowest BCUT2D eigenvalue weighted by Crippen LogP contribution is -2.06. The van der Waals surface area contributed by atoms with E-state index in [0.29, 0.717) is 11.5 Å². The number of aromatic nitrogens is 2. The van der Waals surface area contributed by atoms with Crippen molar-refractivity contribution in [2.45, 2.75) is 34.3 Å². The summed E-state index contributed by atoms with van der Waals surface area (Å²) in [4.78, 5) is 15.3. The van der Waals surface area contributed by atoms with Crippen molar-refractivity contribution in [1.29, 1.82) is 0 Å². The van der Waals surface area contributed by atoms with Gasteiger partial charge in [-0.3, -0.25) is 0 Å². The van der Waals surface area contributed by atoms with Gasteiger partial charge in [-0.1, -0.05) is 11.2 Å². The number of benzene rings is 1. The minimum atomic E-state index is -0.381. The van der Waals surface area contributed by atoms with Crippen LogP contribution in [-0.2, 0) is 11.3 Å². The van der Waals surface area contributed by atoms with E-state index in [-0.39, 0.29) is 12.6 Å². The van der Waals surface area contributed by atoms with Gasteiger partial charge in [-0.15, -0.1) is 0 Å². The monoisotopic (exact) mass is 298 g/mol. The molecule has 1 N–H and O–H groups in total. The summed E-state index contributed by atoms with van der Waals surface area (Å²) in [6.07, 6.45) is 0. The first-order chi connectivity index (χ1) is 10.5. The molecular formula is C17H18N2O3. The molecule has 5 nitrogen and oxygen atoms in total. The molecule has 0 saturated carbocycles. The molecule has 22 heavy (non-hydrogen) atoms. The second-order valence-corrected chi connectivity index (χ2v) is 5.60. The zero-order valence-electron chi connectivity index (χ0n) is 13.1. The van der Waals surface area contributed by atoms with Crippen LogP contribution in [0.15, 0.2) is 22.7 Å². The summed E-state index contributed by atoms with van der Waals surface area (Å²) in [6.45, 7) is 7.85. The smallest absolute Gasteiger partial charge is 0.355 e. The molecule has 2 aromatic heterocycles. The van der Waals surface area contributed by atoms with Crippen molar-refractivity contribution in [3.8, 4) is 0 Å². The largest absolute Gasteiger partial charge is 0.456 e. The molecule has 0 aliphatic rings. The SMILES string of the molecule is Cc1cc(C)c2cc(C(=O)OCc3c(C)noc3C)[nH]c2c1. The Morgan fingerprint density at radius 3 is 2.68 bits per heavy atom. The normalized spacial score (nSPS) is 11.1. The number of aromatic amines is 1. The maximum absolute atomic E-state index is 12.2. The Labute approximate surface area is 128 Å². The molecule has 3 aromatic rings. The number of carbonyl (C=O) groups excluding carboxylic acids is 1. The molecule has 0 radical (unpaired) electrons. The number of hydrogen-bond acceptors (Lipinski definition) is 4. The van der Waals surface area contributed by atoms with Gasteiger partial charge in [0.1, 0.15) is 18.1 Å². The molecule has 0 saturated heterocycles. The first-order valence-corrected chi connectivity index (χ1v) is 7.14. The number of carbonyl (C=O) groups is 1. The second kappa shape index (κ2) is 5.33. The molecule has 0 aliphatic heterocycles. The fraction of sp³-hybridized carbons (Fsp3) is 0.294. The topological polar surface area (TPSA) is 68.1 Å². The van der Waals surface area contributed by atoms with Gasteiger partial charge in [0, 0.05) is 10.9 Å². The summed E-state index contributed by atoms with van der Waals surface area (Å²) in [7, 11) is 0. The highest BCUT2D eigenvalue weighted by Gasteiger charge is 2.15. The third kappa shape index (κ3) is 2.50. The third-order valence-corrected chi connectivity index (χ3v) is 3.84. The summed E-state index contributed by atoms with van der Waals surface area (Å²) in [6, 6.07) is 5.95. The Hall–Kier alpha value is -2.56. The molecule has 0 fully saturated rings. The first-order valence-electron chi connectivity index (χ1n) is 7.14. The van der Waals surface area contributed by atoms with Crippen molar-refractivity contribution in [3.63, 3.8) is 0 Å². The average molecular weight is 298 g/mol. The quantitative estimate of drug-likeness (QED) is 0.748. The van der Waals surface area contributed by atoms with E-state index in [0.717, 1.165) is 33.3 Å². The fourth-order valence-electron chi connectivity index (χ4n) is 2.63. The van der Waals surface area contributed by atoms with Gasteiger partial charge in [0.25, 0.3) is 0 Å². The van der Waals surface area contributed by atoms with Crippen LogP contribution in [0.3, 0.4) is 0 Å². The summed E-state index contributed by atoms with van der Waals surface area (Å²) in [5.74, 6) is 0.293. The second-order valence-electron chi connectivity index (χ2n) is 5.60. The van der Waals surface area contributed by atoms with Crippen molar-refractivity contribution in [3.05, 3.63) is 52.0 Å². The Morgan fingerprint density at radius 1 is 1.23 bits per heavy atom. The minimum Gasteiger partial charge on any atom is -0.456 e. The summed E-state index contributed by atoms with van der Waals surface area (Å²) >= 11 is 0. The first kappa shape index (κ1) is 14.4. The minimum absolute atomic E-state index is 0.160. The molecule has 0 atom stereocenters. The predicted octanol–water partition coefficient (Wildman–Crippen LogP) is 3.75. The number of fused-ring (bicyclic) bond motifs is 1. The lowest BCUT2D eigenvalue weighted by atomic mass is 10.1. The molecule has 2 heterocycles. The van der Waals surface area contributed by atoms with Crippen molar-refractivity contribution in [1.82, 2.24) is 10.1 Å². The van der Waals surface area contributed by atoms with E-state index in [4.69, 9.17) is 9.26 Å². The number of ether oxygens (including phenoxy) is 1. The van der Waals surface area contributed by atoms with E-state index in [1.807, 2.05) is 32.9 Å². The van der Waals surface area contributed by atoms with Crippen molar-refractivity contribution in [2.75, 3.05) is 0 Å². The Balaban J connectivity index is 1.82. The van der Waals surface area contributed by atoms with E-state index < -0.39 is 0 Å². The maximum Gasteiger partial charge on any atom is 0.355 e. The predicted molar refractivity (Wildman–Crippen MR) is 82.9 cm³/mol. The van der Waals surface area contributed by atoms with Gasteiger partial charge in [-0.05, 0) is 51.0 Å². The number of esters is 1. The van der Waals surface area contributed by atoms with Crippen LogP contribution >= 0.6 is 0 Å². The van der Waals surface area contributed by atoms with Crippen molar-refractivity contribution < 1.29 is 14.1 Å². The van der Waals surface area contributed by atoms with Gasteiger partial charge in [0.05, 0.1) is 11.3 Å². The van der Waals surface area contributed by atoms with E-state index in [2.05, 4.69) is 16.2 Å². The molecule has 3 rings (SSSR count). The number of hydrogen-bond donors (Lipinski definition) is 1. The highest BCUT2D eigenvalue weighted by atomic mass is 16.5. The zero-order valence-corrected chi connectivity index (χ0v) is 13.1. The van der Waals surface area contributed by atoms with Crippen LogP contribution in [0.2, 0.25) is 0 Å². The number of aryl methyl sites for hydroxylation is 4. The van der Waals surface area contributed by atoms with Gasteiger partial charge in [-0.25, -0.2) is 4.79 Å². The molecule has 0 spiro atoms. The number of nitrogens with zero attached hydrogens (tertiary/aromatic N) is 1. The molecule has 0 amide bonds. The summed E-state index contributed by atoms with van der Waals surface area (Å²) in [5.41, 5.74) is 5.25. The fourth-order valence-corrected chi connectivity index (χ4v) is 2.63. The Morgan fingerprint density at radius 2 is 2.00 bits per heavy atom. The van der Waals surface area contributed by atoms with E-state index in [1.165, 1.54) is 0 Å². The Bertz CT molecular complexity index is 839. The molecular weight excluding hydrogens is 280 g/mol. The van der Waals surface area contributed by atoms with Crippen LogP contribution in [0.25, 0.3) is 10.9 Å². The molecule has 0 aliphatic carbocycles. The van der Waals surface area contributed by atoms with Gasteiger partial charge in [0.2, 0.25) is 0 Å². The highest BCUT2D eigenvalue weighted by molar-refractivity contribution is 5.96. The van der Waals surface area contributed by atoms with Crippen LogP contribution < -0.4 is 0 Å². The standard InChI is InChI=1S/C17H18N2O3/c1-9-5-10(2)13-7-16(18-15(13)6-9)17(20)21-8-14-11(3)19-22-12(14)4/h5-7,18H,8H2,1-4H3. The van der Waals surface area contributed by atoms with Gasteiger partial charge >= 0.3 is 5.97 Å². The number of rotatable bonds is 3. The van der Waals surface area contributed by atoms with Crippen LogP contribution in [0.4, 0.5) is 0 Å². The van der Waals surface area contributed by atoms with Crippen LogP contribution in [0.5, 0.6) is 0 Å². The number of nitrogens with one attached hydrogen (secondary N) is 1. The highest BCUT2D eigenvalue weighted by Crippen LogP contribution is 2.22. The van der Waals surface area contributed by atoms with Crippen LogP contribution in [0.1, 0.15) is 38.6 Å². The Kier molecular flexibility index (Phi) is 3.48. The third-order valence-electron chi connectivity index (χ3n) is 3.84. The van der Waals surface area contributed by atoms with Crippen molar-refractivity contribution >= 4 is 16.9 Å². The number of H-pyrrole nitrogens is 1. The van der Waals surface area contributed by atoms with Gasteiger partial charge in [-0.2, -0.15) is 0 Å². The molecule has 0 unspecified atom stereocenters. The lowest BCUT2D eigenvalue weighted by molar-refractivity contribution is 0.0465. The van der Waals surface area contributed by atoms with Crippen molar-refractivity contribution in [2.24, 2.45) is 0 Å². The lowest BCUT2D eigenvalue weighted by Gasteiger charge is -2.02. The van der Waals surface area contributed by atoms with Crippen LogP contribution in [-0.4, -0.2) is 16.1 Å². The van der Waals surface area contributed by atoms with E-state index in [1.54, 1.807) is 6.92 Å². The molecule has 5 heteroatoms. The summed E-state index contributed by atoms with van der Waals surface area (Å²) in [5, 5.41) is 4.89. The van der Waals surface area contributed by atoms with E-state index >= 15 is 0 Å². The molecule has 0 bridgehead atoms. The van der Waals surface area contributed by atoms with Crippen LogP contribution in [0, 0.1) is 27.7 Å². The molecule has 114 valence electrons. The summed E-state index contributed by atoms with van der Waals surface area (Å²) < 4.78 is 10.4. The zero-order chi connectivity index (χ0) is 15.9. The molecule has 1 aromatic carbocycles. The van der Waals surface area contributed by atoms with Gasteiger partial charge in [0.15, 0.2) is 0 Å². The van der Waals surface area contributed by atoms with Gasteiger partial charge < -0.3 is 14.2 Å². The van der Waals surface area contributed by atoms with E-state index in [9.17, 15) is 4.79 Å².